The highest BCUT2D eigenvalue weighted by atomic mass is 127. The second-order valence-electron chi connectivity index (χ2n) is 9.04. The van der Waals surface area contributed by atoms with Gasteiger partial charge in [0.1, 0.15) is 12.4 Å². The molecule has 32 heavy (non-hydrogen) atoms. The van der Waals surface area contributed by atoms with E-state index in [4.69, 9.17) is 9.73 Å². The lowest BCUT2D eigenvalue weighted by molar-refractivity contribution is 0.00270. The molecule has 1 atom stereocenters. The molecule has 0 radical (unpaired) electrons. The molecule has 1 aromatic rings. The van der Waals surface area contributed by atoms with Crippen LogP contribution in [0.1, 0.15) is 70.4 Å². The number of hydrogen-bond donors (Lipinski definition) is 2. The first-order chi connectivity index (χ1) is 15.1. The molecule has 1 saturated heterocycles. The summed E-state index contributed by atoms with van der Waals surface area (Å²) in [5.74, 6) is 3.40. The Kier molecular flexibility index (Phi) is 12.2. The van der Waals surface area contributed by atoms with E-state index in [9.17, 15) is 0 Å². The number of aryl methyl sites for hydroxylation is 1. The van der Waals surface area contributed by atoms with Gasteiger partial charge >= 0.3 is 0 Å². The highest BCUT2D eigenvalue weighted by molar-refractivity contribution is 14.0. The fourth-order valence-electron chi connectivity index (χ4n) is 4.87. The maximum atomic E-state index is 5.61. The lowest BCUT2D eigenvalue weighted by Gasteiger charge is -2.39. The summed E-state index contributed by atoms with van der Waals surface area (Å²) in [5.41, 5.74) is 0. The molecule has 1 aliphatic carbocycles. The van der Waals surface area contributed by atoms with Gasteiger partial charge in [0.15, 0.2) is 11.8 Å². The van der Waals surface area contributed by atoms with Crippen LogP contribution in [0.25, 0.3) is 0 Å². The zero-order valence-electron chi connectivity index (χ0n) is 20.5. The predicted molar refractivity (Wildman–Crippen MR) is 141 cm³/mol. The van der Waals surface area contributed by atoms with Crippen molar-refractivity contribution in [3.8, 4) is 0 Å². The van der Waals surface area contributed by atoms with Gasteiger partial charge in [-0.3, -0.25) is 4.90 Å². The van der Waals surface area contributed by atoms with Gasteiger partial charge in [0, 0.05) is 38.8 Å². The molecular weight excluding hydrogens is 517 g/mol. The van der Waals surface area contributed by atoms with Crippen LogP contribution in [0.4, 0.5) is 0 Å². The van der Waals surface area contributed by atoms with Crippen LogP contribution in [-0.2, 0) is 18.3 Å². The van der Waals surface area contributed by atoms with Crippen LogP contribution < -0.4 is 10.6 Å². The van der Waals surface area contributed by atoms with E-state index in [1.807, 2.05) is 18.5 Å². The molecule has 1 aromatic heterocycles. The summed E-state index contributed by atoms with van der Waals surface area (Å²) in [6.45, 7) is 11.7. The van der Waals surface area contributed by atoms with E-state index >= 15 is 0 Å². The standard InChI is InChI=1S/C23H43N7O.HI/c1-5-19(6-2)21(30-12-14-31-15-13-30)16-24-23(26-20-10-8-7-9-11-20)25-17-22-28-27-18(3)29(22)4;/h19-21H,5-17H2,1-4H3,(H2,24,25,26);1H. The maximum absolute atomic E-state index is 5.61. The zero-order valence-corrected chi connectivity index (χ0v) is 22.8. The second-order valence-corrected chi connectivity index (χ2v) is 9.04. The van der Waals surface area contributed by atoms with Gasteiger partial charge < -0.3 is 19.9 Å². The average Bonchev–Trinajstić information content (AvgIpc) is 3.13. The van der Waals surface area contributed by atoms with E-state index in [-0.39, 0.29) is 24.0 Å². The molecule has 1 aliphatic heterocycles. The quantitative estimate of drug-likeness (QED) is 0.274. The van der Waals surface area contributed by atoms with Crippen LogP contribution in [0.3, 0.4) is 0 Å². The van der Waals surface area contributed by atoms with Crippen LogP contribution in [0.2, 0.25) is 0 Å². The zero-order chi connectivity index (χ0) is 22.1. The molecular formula is C23H44IN7O. The summed E-state index contributed by atoms with van der Waals surface area (Å²) < 4.78 is 7.63. The van der Waals surface area contributed by atoms with Crippen molar-refractivity contribution < 1.29 is 4.74 Å². The normalized spacial score (nSPS) is 19.6. The number of ether oxygens (including phenoxy) is 1. The number of guanidine groups is 1. The highest BCUT2D eigenvalue weighted by Gasteiger charge is 2.27. The van der Waals surface area contributed by atoms with Gasteiger partial charge in [0.2, 0.25) is 0 Å². The Balaban J connectivity index is 0.00000363. The number of halogens is 1. The summed E-state index contributed by atoms with van der Waals surface area (Å²) >= 11 is 0. The van der Waals surface area contributed by atoms with Crippen molar-refractivity contribution in [3.63, 3.8) is 0 Å². The molecule has 1 unspecified atom stereocenters. The van der Waals surface area contributed by atoms with Crippen LogP contribution in [0.5, 0.6) is 0 Å². The fourth-order valence-corrected chi connectivity index (χ4v) is 4.87. The number of aliphatic imine (C=N–C) groups is 1. The van der Waals surface area contributed by atoms with Crippen LogP contribution in [0.15, 0.2) is 4.99 Å². The number of aromatic nitrogens is 3. The molecule has 184 valence electrons. The second kappa shape index (κ2) is 14.3. The minimum Gasteiger partial charge on any atom is -0.379 e. The van der Waals surface area contributed by atoms with Crippen molar-refractivity contribution >= 4 is 29.9 Å². The summed E-state index contributed by atoms with van der Waals surface area (Å²) in [4.78, 5) is 7.53. The van der Waals surface area contributed by atoms with E-state index in [2.05, 4.69) is 39.6 Å². The third-order valence-corrected chi connectivity index (χ3v) is 7.09. The first-order valence-corrected chi connectivity index (χ1v) is 12.3. The molecule has 1 saturated carbocycles. The molecule has 0 spiro atoms. The van der Waals surface area contributed by atoms with Crippen molar-refractivity contribution in [2.24, 2.45) is 18.0 Å². The molecule has 0 aromatic carbocycles. The SMILES string of the molecule is CCC(CC)C(CNC(=NCc1nnc(C)n1C)NC1CCCCC1)N1CCOCC1.I. The minimum absolute atomic E-state index is 0. The van der Waals surface area contributed by atoms with Gasteiger partial charge in [0.25, 0.3) is 0 Å². The van der Waals surface area contributed by atoms with E-state index in [0.717, 1.165) is 50.5 Å². The Hall–Kier alpha value is -0.940. The molecule has 2 fully saturated rings. The van der Waals surface area contributed by atoms with Gasteiger partial charge in [-0.15, -0.1) is 34.2 Å². The van der Waals surface area contributed by atoms with Crippen LogP contribution >= 0.6 is 24.0 Å². The summed E-state index contributed by atoms with van der Waals surface area (Å²) in [6, 6.07) is 1.01. The van der Waals surface area contributed by atoms with Crippen LogP contribution in [-0.4, -0.2) is 70.6 Å². The smallest absolute Gasteiger partial charge is 0.191 e. The molecule has 3 rings (SSSR count). The Morgan fingerprint density at radius 1 is 1.12 bits per heavy atom. The number of morpholine rings is 1. The van der Waals surface area contributed by atoms with Crippen molar-refractivity contribution in [3.05, 3.63) is 11.6 Å². The lowest BCUT2D eigenvalue weighted by atomic mass is 9.92. The highest BCUT2D eigenvalue weighted by Crippen LogP contribution is 2.20. The minimum atomic E-state index is 0. The molecule has 9 heteroatoms. The summed E-state index contributed by atoms with van der Waals surface area (Å²) in [6.07, 6.45) is 8.80. The fraction of sp³-hybridized carbons (Fsp3) is 0.870. The summed E-state index contributed by atoms with van der Waals surface area (Å²) in [5, 5.41) is 15.9. The number of hydrogen-bond acceptors (Lipinski definition) is 5. The lowest BCUT2D eigenvalue weighted by Crippen LogP contribution is -2.54. The third-order valence-electron chi connectivity index (χ3n) is 7.09. The number of nitrogens with one attached hydrogen (secondary N) is 2. The molecule has 0 bridgehead atoms. The Morgan fingerprint density at radius 2 is 1.81 bits per heavy atom. The molecule has 2 aliphatic rings. The van der Waals surface area contributed by atoms with Crippen molar-refractivity contribution in [2.75, 3.05) is 32.8 Å². The molecule has 2 heterocycles. The summed E-state index contributed by atoms with van der Waals surface area (Å²) in [7, 11) is 2.00. The first-order valence-electron chi connectivity index (χ1n) is 12.3. The van der Waals surface area contributed by atoms with Crippen molar-refractivity contribution in [1.82, 2.24) is 30.3 Å². The monoisotopic (exact) mass is 561 g/mol. The predicted octanol–water partition coefficient (Wildman–Crippen LogP) is 3.25. The van der Waals surface area contributed by atoms with E-state index in [0.29, 0.717) is 24.5 Å². The van der Waals surface area contributed by atoms with Gasteiger partial charge in [-0.2, -0.15) is 0 Å². The van der Waals surface area contributed by atoms with Gasteiger partial charge in [-0.1, -0.05) is 46.0 Å². The van der Waals surface area contributed by atoms with Gasteiger partial charge in [-0.05, 0) is 25.7 Å². The van der Waals surface area contributed by atoms with E-state index in [1.165, 1.54) is 44.9 Å². The van der Waals surface area contributed by atoms with Crippen molar-refractivity contribution in [1.29, 1.82) is 0 Å². The first kappa shape index (κ1) is 27.3. The Bertz CT molecular complexity index is 680. The molecule has 8 nitrogen and oxygen atoms in total. The van der Waals surface area contributed by atoms with Gasteiger partial charge in [-0.25, -0.2) is 4.99 Å². The average molecular weight is 562 g/mol. The third kappa shape index (κ3) is 7.83. The topological polar surface area (TPSA) is 79.6 Å². The number of rotatable bonds is 9. The molecule has 2 N–H and O–H groups in total. The van der Waals surface area contributed by atoms with Crippen LogP contribution in [0, 0.1) is 12.8 Å². The number of nitrogens with zero attached hydrogens (tertiary/aromatic N) is 5. The maximum Gasteiger partial charge on any atom is 0.191 e. The Morgan fingerprint density at radius 3 is 2.41 bits per heavy atom. The molecule has 0 amide bonds. The van der Waals surface area contributed by atoms with E-state index < -0.39 is 0 Å². The van der Waals surface area contributed by atoms with Crippen molar-refractivity contribution in [2.45, 2.75) is 84.3 Å². The Labute approximate surface area is 211 Å². The largest absolute Gasteiger partial charge is 0.379 e. The van der Waals surface area contributed by atoms with E-state index in [1.54, 1.807) is 0 Å². The van der Waals surface area contributed by atoms with Gasteiger partial charge in [0.05, 0.1) is 13.2 Å².